The molecule has 0 aliphatic heterocycles. The Balaban J connectivity index is 2.43. The zero-order valence-corrected chi connectivity index (χ0v) is 22.5. The van der Waals surface area contributed by atoms with E-state index in [-0.39, 0.29) is 12.5 Å². The topological polar surface area (TPSA) is 96.0 Å². The maximum Gasteiger partial charge on any atom is 0.244 e. The molecule has 0 radical (unpaired) electrons. The molecule has 2 rings (SSSR count). The van der Waals surface area contributed by atoms with E-state index in [4.69, 9.17) is 4.74 Å². The molecule has 0 unspecified atom stereocenters. The van der Waals surface area contributed by atoms with E-state index in [1.165, 1.54) is 4.90 Å². The van der Waals surface area contributed by atoms with Crippen LogP contribution in [0.1, 0.15) is 45.7 Å². The molecule has 8 nitrogen and oxygen atoms in total. The average Bonchev–Trinajstić information content (AvgIpc) is 2.79. The Hall–Kier alpha value is -3.07. The van der Waals surface area contributed by atoms with Crippen LogP contribution in [-0.2, 0) is 32.6 Å². The number of anilines is 1. The quantitative estimate of drug-likeness (QED) is 0.536. The molecule has 0 bridgehead atoms. The van der Waals surface area contributed by atoms with E-state index in [0.717, 1.165) is 21.7 Å². The Kier molecular flexibility index (Phi) is 9.31. The number of amides is 2. The van der Waals surface area contributed by atoms with Gasteiger partial charge in [-0.3, -0.25) is 13.9 Å². The number of methoxy groups -OCH3 is 1. The van der Waals surface area contributed by atoms with Crippen LogP contribution in [0.25, 0.3) is 0 Å². The first-order valence-electron chi connectivity index (χ1n) is 11.6. The summed E-state index contributed by atoms with van der Waals surface area (Å²) in [6.07, 6.45) is 1.69. The molecule has 0 aliphatic carbocycles. The minimum atomic E-state index is -3.77. The number of ether oxygens (including phenoxy) is 1. The van der Waals surface area contributed by atoms with E-state index in [0.29, 0.717) is 17.9 Å². The summed E-state index contributed by atoms with van der Waals surface area (Å²) in [4.78, 5) is 28.0. The van der Waals surface area contributed by atoms with E-state index in [1.54, 1.807) is 38.3 Å². The maximum absolute atomic E-state index is 13.6. The van der Waals surface area contributed by atoms with E-state index < -0.39 is 34.1 Å². The molecule has 0 fully saturated rings. The molecule has 1 N–H and O–H groups in total. The van der Waals surface area contributed by atoms with Gasteiger partial charge in [-0.05, 0) is 63.4 Å². The third kappa shape index (κ3) is 7.99. The molecular formula is C26H37N3O5S. The van der Waals surface area contributed by atoms with Gasteiger partial charge in [0.1, 0.15) is 18.3 Å². The van der Waals surface area contributed by atoms with E-state index in [1.807, 2.05) is 52.0 Å². The third-order valence-electron chi connectivity index (χ3n) is 5.50. The number of benzene rings is 2. The van der Waals surface area contributed by atoms with Crippen LogP contribution in [0.5, 0.6) is 5.75 Å². The average molecular weight is 504 g/mol. The first-order chi connectivity index (χ1) is 16.3. The van der Waals surface area contributed by atoms with Gasteiger partial charge in [0.25, 0.3) is 0 Å². The predicted molar refractivity (Wildman–Crippen MR) is 139 cm³/mol. The van der Waals surface area contributed by atoms with Crippen molar-refractivity contribution in [2.45, 2.75) is 59.2 Å². The summed E-state index contributed by atoms with van der Waals surface area (Å²) in [7, 11) is -2.20. The highest BCUT2D eigenvalue weighted by Gasteiger charge is 2.31. The molecule has 0 spiro atoms. The van der Waals surface area contributed by atoms with Gasteiger partial charge in [-0.15, -0.1) is 0 Å². The first kappa shape index (κ1) is 28.2. The third-order valence-corrected chi connectivity index (χ3v) is 6.62. The molecule has 2 aromatic carbocycles. The molecule has 0 aromatic heterocycles. The summed E-state index contributed by atoms with van der Waals surface area (Å²) >= 11 is 0. The standard InChI is InChI=1S/C26H37N3O5S/c1-8-21-11-9-10-12-23(21)29(35(7,32)33)18-24(30)28(19(2)25(31)27-26(3,4)5)17-20-13-15-22(34-6)16-14-20/h9-16,19H,8,17-18H2,1-7H3,(H,27,31)/t19-/m1/s1. The lowest BCUT2D eigenvalue weighted by atomic mass is 10.1. The van der Waals surface area contributed by atoms with Crippen LogP contribution in [-0.4, -0.2) is 56.6 Å². The SMILES string of the molecule is CCc1ccccc1N(CC(=O)N(Cc1ccc(OC)cc1)[C@H](C)C(=O)NC(C)(C)C)S(C)(=O)=O. The van der Waals surface area contributed by atoms with Crippen LogP contribution in [0.2, 0.25) is 0 Å². The summed E-state index contributed by atoms with van der Waals surface area (Å²) in [5.41, 5.74) is 1.57. The van der Waals surface area contributed by atoms with E-state index >= 15 is 0 Å². The number of aryl methyl sites for hydroxylation is 1. The number of nitrogens with one attached hydrogen (secondary N) is 1. The maximum atomic E-state index is 13.6. The molecule has 0 heterocycles. The fourth-order valence-corrected chi connectivity index (χ4v) is 4.51. The Bertz CT molecular complexity index is 1120. The van der Waals surface area contributed by atoms with Gasteiger partial charge in [0.2, 0.25) is 21.8 Å². The number of carbonyl (C=O) groups is 2. The lowest BCUT2D eigenvalue weighted by Gasteiger charge is -2.33. The van der Waals surface area contributed by atoms with Crippen molar-refractivity contribution in [2.24, 2.45) is 0 Å². The van der Waals surface area contributed by atoms with Crippen molar-refractivity contribution in [1.29, 1.82) is 0 Å². The normalized spacial score (nSPS) is 12.5. The number of nitrogens with zero attached hydrogens (tertiary/aromatic N) is 2. The molecule has 9 heteroatoms. The zero-order chi connectivity index (χ0) is 26.4. The van der Waals surface area contributed by atoms with E-state index in [2.05, 4.69) is 5.32 Å². The summed E-state index contributed by atoms with van der Waals surface area (Å²) in [5.74, 6) is -0.127. The van der Waals surface area contributed by atoms with Gasteiger partial charge in [-0.1, -0.05) is 37.3 Å². The fourth-order valence-electron chi connectivity index (χ4n) is 3.63. The largest absolute Gasteiger partial charge is 0.497 e. The summed E-state index contributed by atoms with van der Waals surface area (Å²) < 4.78 is 31.8. The lowest BCUT2D eigenvalue weighted by Crippen LogP contribution is -2.54. The van der Waals surface area contributed by atoms with Gasteiger partial charge in [-0.2, -0.15) is 0 Å². The zero-order valence-electron chi connectivity index (χ0n) is 21.7. The Morgan fingerprint density at radius 2 is 1.66 bits per heavy atom. The lowest BCUT2D eigenvalue weighted by molar-refractivity contribution is -0.140. The van der Waals surface area contributed by atoms with Crippen LogP contribution in [0, 0.1) is 0 Å². The summed E-state index contributed by atoms with van der Waals surface area (Å²) in [5, 5.41) is 2.91. The monoisotopic (exact) mass is 503 g/mol. The number of sulfonamides is 1. The second-order valence-electron chi connectivity index (χ2n) is 9.54. The molecule has 1 atom stereocenters. The van der Waals surface area contributed by atoms with Crippen LogP contribution in [0.3, 0.4) is 0 Å². The highest BCUT2D eigenvalue weighted by atomic mass is 32.2. The smallest absolute Gasteiger partial charge is 0.244 e. The van der Waals surface area contributed by atoms with Crippen molar-refractivity contribution >= 4 is 27.5 Å². The summed E-state index contributed by atoms with van der Waals surface area (Å²) in [6.45, 7) is 8.87. The Morgan fingerprint density at radius 3 is 2.17 bits per heavy atom. The van der Waals surface area contributed by atoms with Crippen molar-refractivity contribution in [3.8, 4) is 5.75 Å². The molecule has 35 heavy (non-hydrogen) atoms. The van der Waals surface area contributed by atoms with Crippen molar-refractivity contribution in [1.82, 2.24) is 10.2 Å². The number of hydrogen-bond donors (Lipinski definition) is 1. The molecular weight excluding hydrogens is 466 g/mol. The summed E-state index contributed by atoms with van der Waals surface area (Å²) in [6, 6.07) is 13.5. The number of para-hydroxylation sites is 1. The number of carbonyl (C=O) groups excluding carboxylic acids is 2. The van der Waals surface area contributed by atoms with Crippen molar-refractivity contribution < 1.29 is 22.7 Å². The molecule has 0 saturated heterocycles. The Labute approximate surface area is 209 Å². The van der Waals surface area contributed by atoms with Crippen LogP contribution >= 0.6 is 0 Å². The molecule has 192 valence electrons. The highest BCUT2D eigenvalue weighted by molar-refractivity contribution is 7.92. The highest BCUT2D eigenvalue weighted by Crippen LogP contribution is 2.24. The molecule has 0 saturated carbocycles. The van der Waals surface area contributed by atoms with Gasteiger partial charge in [0.15, 0.2) is 0 Å². The minimum absolute atomic E-state index is 0.134. The molecule has 2 amide bonds. The van der Waals surface area contributed by atoms with Crippen molar-refractivity contribution in [3.05, 3.63) is 59.7 Å². The number of rotatable bonds is 10. The van der Waals surface area contributed by atoms with Gasteiger partial charge in [-0.25, -0.2) is 8.42 Å². The Morgan fingerprint density at radius 1 is 1.06 bits per heavy atom. The van der Waals surface area contributed by atoms with Gasteiger partial charge >= 0.3 is 0 Å². The van der Waals surface area contributed by atoms with E-state index in [9.17, 15) is 18.0 Å². The predicted octanol–water partition coefficient (Wildman–Crippen LogP) is 3.36. The first-order valence-corrected chi connectivity index (χ1v) is 13.4. The van der Waals surface area contributed by atoms with Gasteiger partial charge in [0.05, 0.1) is 19.1 Å². The fraction of sp³-hybridized carbons (Fsp3) is 0.462. The van der Waals surface area contributed by atoms with Gasteiger partial charge < -0.3 is 15.0 Å². The van der Waals surface area contributed by atoms with Crippen LogP contribution in [0.4, 0.5) is 5.69 Å². The molecule has 2 aromatic rings. The van der Waals surface area contributed by atoms with Gasteiger partial charge in [0, 0.05) is 12.1 Å². The minimum Gasteiger partial charge on any atom is -0.497 e. The molecule has 0 aliphatic rings. The van der Waals surface area contributed by atoms with Crippen molar-refractivity contribution in [2.75, 3.05) is 24.2 Å². The van der Waals surface area contributed by atoms with Crippen molar-refractivity contribution in [3.63, 3.8) is 0 Å². The number of hydrogen-bond acceptors (Lipinski definition) is 5. The van der Waals surface area contributed by atoms with Crippen LogP contribution in [0.15, 0.2) is 48.5 Å². The van der Waals surface area contributed by atoms with Crippen LogP contribution < -0.4 is 14.4 Å². The second-order valence-corrected chi connectivity index (χ2v) is 11.4. The second kappa shape index (κ2) is 11.6.